The van der Waals surface area contributed by atoms with Crippen molar-refractivity contribution in [2.24, 2.45) is 0 Å². The molecule has 3 aromatic rings. The van der Waals surface area contributed by atoms with Gasteiger partial charge in [0.15, 0.2) is 10.5 Å². The minimum absolute atomic E-state index is 0.189. The lowest BCUT2D eigenvalue weighted by Gasteiger charge is -2.33. The van der Waals surface area contributed by atoms with Crippen molar-refractivity contribution in [2.45, 2.75) is 39.3 Å². The van der Waals surface area contributed by atoms with Gasteiger partial charge in [0.2, 0.25) is 10.0 Å². The molecule has 10 heteroatoms. The molecule has 0 N–H and O–H groups in total. The van der Waals surface area contributed by atoms with Gasteiger partial charge in [-0.25, -0.2) is 8.42 Å². The molecule has 166 valence electrons. The second-order valence-electron chi connectivity index (χ2n) is 8.03. The Bertz CT molecular complexity index is 1240. The molecule has 1 fully saturated rings. The van der Waals surface area contributed by atoms with Crippen LogP contribution in [0.4, 0.5) is 0 Å². The van der Waals surface area contributed by atoms with Gasteiger partial charge in [-0.05, 0) is 57.1 Å². The van der Waals surface area contributed by atoms with Gasteiger partial charge in [-0.15, -0.1) is 0 Å². The highest BCUT2D eigenvalue weighted by molar-refractivity contribution is 7.89. The second kappa shape index (κ2) is 8.34. The first-order valence-corrected chi connectivity index (χ1v) is 12.0. The summed E-state index contributed by atoms with van der Waals surface area (Å²) in [6, 6.07) is 6.33. The summed E-state index contributed by atoms with van der Waals surface area (Å²) >= 11 is 5.72. The maximum atomic E-state index is 13.0. The lowest BCUT2D eigenvalue weighted by atomic mass is 10.1. The van der Waals surface area contributed by atoms with Crippen LogP contribution < -0.4 is 0 Å². The maximum Gasteiger partial charge on any atom is 0.248 e. The van der Waals surface area contributed by atoms with Crippen molar-refractivity contribution in [1.29, 1.82) is 0 Å². The van der Waals surface area contributed by atoms with E-state index in [0.29, 0.717) is 44.3 Å². The summed E-state index contributed by atoms with van der Waals surface area (Å²) in [4.78, 5) is 2.40. The van der Waals surface area contributed by atoms with Crippen molar-refractivity contribution < 1.29 is 12.9 Å². The monoisotopic (exact) mass is 461 g/mol. The fourth-order valence-corrected chi connectivity index (χ4v) is 5.97. The zero-order valence-electron chi connectivity index (χ0n) is 18.2. The number of aromatic nitrogens is 3. The Labute approximate surface area is 187 Å². The number of rotatable bonds is 5. The maximum absolute atomic E-state index is 13.0. The molecule has 3 heterocycles. The summed E-state index contributed by atoms with van der Waals surface area (Å²) in [5, 5.41) is 3.79. The minimum atomic E-state index is -3.61. The van der Waals surface area contributed by atoms with Gasteiger partial charge in [-0.1, -0.05) is 17.3 Å². The number of hydrogen-bond acceptors (Lipinski definition) is 6. The predicted molar refractivity (Wildman–Crippen MR) is 120 cm³/mol. The SMILES string of the molecule is Cc1ccc(C)c(-n2ccn(CN3CCN(S(=O)(=O)c4c(C)noc4C)CC3)c2=S)c1. The summed E-state index contributed by atoms with van der Waals surface area (Å²) in [6.45, 7) is 10.1. The third kappa shape index (κ3) is 4.12. The van der Waals surface area contributed by atoms with Crippen LogP contribution in [0.5, 0.6) is 0 Å². The average Bonchev–Trinajstić information content (AvgIpc) is 3.26. The summed E-state index contributed by atoms with van der Waals surface area (Å²) < 4.78 is 37.4. The van der Waals surface area contributed by atoms with Gasteiger partial charge >= 0.3 is 0 Å². The van der Waals surface area contributed by atoms with E-state index in [1.807, 2.05) is 21.5 Å². The van der Waals surface area contributed by atoms with Crippen LogP contribution in [0.15, 0.2) is 40.0 Å². The zero-order chi connectivity index (χ0) is 22.3. The highest BCUT2D eigenvalue weighted by Gasteiger charge is 2.33. The van der Waals surface area contributed by atoms with Crippen LogP contribution >= 0.6 is 12.2 Å². The van der Waals surface area contributed by atoms with E-state index in [-0.39, 0.29) is 4.90 Å². The zero-order valence-corrected chi connectivity index (χ0v) is 19.8. The van der Waals surface area contributed by atoms with Gasteiger partial charge in [0, 0.05) is 38.6 Å². The molecular formula is C21H27N5O3S2. The van der Waals surface area contributed by atoms with E-state index in [2.05, 4.69) is 42.1 Å². The molecule has 2 aromatic heterocycles. The molecule has 1 aliphatic rings. The van der Waals surface area contributed by atoms with Gasteiger partial charge in [-0.3, -0.25) is 9.47 Å². The Balaban J connectivity index is 1.46. The van der Waals surface area contributed by atoms with Gasteiger partial charge in [0.1, 0.15) is 10.6 Å². The Morgan fingerprint density at radius 3 is 2.42 bits per heavy atom. The molecular weight excluding hydrogens is 434 g/mol. The first kappa shape index (κ1) is 21.9. The van der Waals surface area contributed by atoms with E-state index in [4.69, 9.17) is 16.7 Å². The number of benzene rings is 1. The van der Waals surface area contributed by atoms with Crippen LogP contribution in [0.3, 0.4) is 0 Å². The molecule has 1 saturated heterocycles. The molecule has 0 bridgehead atoms. The van der Waals surface area contributed by atoms with Crippen molar-refractivity contribution in [3.63, 3.8) is 0 Å². The fraction of sp³-hybridized carbons (Fsp3) is 0.429. The Kier molecular flexibility index (Phi) is 5.91. The number of nitrogens with zero attached hydrogens (tertiary/aromatic N) is 5. The van der Waals surface area contributed by atoms with E-state index in [1.54, 1.807) is 13.8 Å². The van der Waals surface area contributed by atoms with Crippen LogP contribution in [0.25, 0.3) is 5.69 Å². The Morgan fingerprint density at radius 2 is 1.77 bits per heavy atom. The molecule has 0 aliphatic carbocycles. The summed E-state index contributed by atoms with van der Waals surface area (Å²) in [6.07, 6.45) is 3.97. The predicted octanol–water partition coefficient (Wildman–Crippen LogP) is 3.19. The average molecular weight is 462 g/mol. The van der Waals surface area contributed by atoms with Crippen molar-refractivity contribution >= 4 is 22.2 Å². The summed E-state index contributed by atoms with van der Waals surface area (Å²) in [5.74, 6) is 0.332. The van der Waals surface area contributed by atoms with E-state index >= 15 is 0 Å². The van der Waals surface area contributed by atoms with Crippen LogP contribution in [-0.2, 0) is 16.7 Å². The number of imidazole rings is 1. The molecule has 8 nitrogen and oxygen atoms in total. The summed E-state index contributed by atoms with van der Waals surface area (Å²) in [5.41, 5.74) is 3.83. The van der Waals surface area contributed by atoms with Gasteiger partial charge in [0.05, 0.1) is 12.4 Å². The normalized spacial score (nSPS) is 16.1. The van der Waals surface area contributed by atoms with E-state index < -0.39 is 10.0 Å². The molecule has 0 amide bonds. The van der Waals surface area contributed by atoms with E-state index in [1.165, 1.54) is 9.87 Å². The molecule has 0 atom stereocenters. The molecule has 0 spiro atoms. The highest BCUT2D eigenvalue weighted by atomic mass is 32.2. The number of hydrogen-bond donors (Lipinski definition) is 0. The Hall–Kier alpha value is -2.27. The molecule has 31 heavy (non-hydrogen) atoms. The molecule has 1 aliphatic heterocycles. The molecule has 0 unspecified atom stereocenters. The minimum Gasteiger partial charge on any atom is -0.360 e. The largest absolute Gasteiger partial charge is 0.360 e. The van der Waals surface area contributed by atoms with Crippen LogP contribution in [0, 0.1) is 32.5 Å². The quantitative estimate of drug-likeness (QED) is 0.543. The number of aryl methyl sites for hydroxylation is 4. The third-order valence-electron chi connectivity index (χ3n) is 5.72. The first-order valence-electron chi connectivity index (χ1n) is 10.2. The standard InChI is InChI=1S/C21H27N5O3S2/c1-15-5-6-16(2)19(13-15)26-12-9-24(21(26)30)14-23-7-10-25(11-8-23)31(27,28)20-17(3)22-29-18(20)4/h5-6,9,12-13H,7-8,10-11,14H2,1-4H3. The molecule has 4 rings (SSSR count). The van der Waals surface area contributed by atoms with Crippen LogP contribution in [0.1, 0.15) is 22.6 Å². The van der Waals surface area contributed by atoms with Crippen LogP contribution in [-0.4, -0.2) is 58.1 Å². The molecule has 0 radical (unpaired) electrons. The van der Waals surface area contributed by atoms with Gasteiger partial charge in [-0.2, -0.15) is 4.31 Å². The van der Waals surface area contributed by atoms with Crippen molar-refractivity contribution in [2.75, 3.05) is 26.2 Å². The lowest BCUT2D eigenvalue weighted by molar-refractivity contribution is 0.151. The van der Waals surface area contributed by atoms with Gasteiger partial charge in [0.25, 0.3) is 0 Å². The number of sulfonamides is 1. The second-order valence-corrected chi connectivity index (χ2v) is 10.3. The molecule has 0 saturated carbocycles. The first-order chi connectivity index (χ1) is 14.7. The topological polar surface area (TPSA) is 76.5 Å². The number of piperazine rings is 1. The highest BCUT2D eigenvalue weighted by Crippen LogP contribution is 2.24. The van der Waals surface area contributed by atoms with Crippen LogP contribution in [0.2, 0.25) is 0 Å². The van der Waals surface area contributed by atoms with Crippen molar-refractivity contribution in [3.8, 4) is 5.69 Å². The van der Waals surface area contributed by atoms with E-state index in [0.717, 1.165) is 16.0 Å². The van der Waals surface area contributed by atoms with E-state index in [9.17, 15) is 8.42 Å². The van der Waals surface area contributed by atoms with Gasteiger partial charge < -0.3 is 9.09 Å². The third-order valence-corrected chi connectivity index (χ3v) is 8.30. The lowest BCUT2D eigenvalue weighted by Crippen LogP contribution is -2.49. The van der Waals surface area contributed by atoms with Crippen molar-refractivity contribution in [3.05, 3.63) is 57.9 Å². The molecule has 1 aromatic carbocycles. The Morgan fingerprint density at radius 1 is 1.06 bits per heavy atom. The van der Waals surface area contributed by atoms with Crippen molar-refractivity contribution in [1.82, 2.24) is 23.5 Å². The smallest absolute Gasteiger partial charge is 0.248 e. The summed E-state index contributed by atoms with van der Waals surface area (Å²) in [7, 11) is -3.61. The fourth-order valence-electron chi connectivity index (χ4n) is 3.98.